The summed E-state index contributed by atoms with van der Waals surface area (Å²) in [6, 6.07) is 0. The van der Waals surface area contributed by atoms with E-state index >= 15 is 0 Å². The second-order valence-electron chi connectivity index (χ2n) is 1.89. The molecule has 0 aliphatic heterocycles. The lowest BCUT2D eigenvalue weighted by atomic mass is 10.3. The summed E-state index contributed by atoms with van der Waals surface area (Å²) in [5, 5.41) is 0.264. The van der Waals surface area contributed by atoms with E-state index in [-0.39, 0.29) is 5.25 Å². The summed E-state index contributed by atoms with van der Waals surface area (Å²) in [4.78, 5) is 0. The van der Waals surface area contributed by atoms with Gasteiger partial charge >= 0.3 is 0 Å². The highest BCUT2D eigenvalue weighted by atomic mass is 32.2. The number of rotatable bonds is 3. The van der Waals surface area contributed by atoms with Crippen LogP contribution in [0.5, 0.6) is 0 Å². The van der Waals surface area contributed by atoms with Crippen LogP contribution in [0.15, 0.2) is 0 Å². The van der Waals surface area contributed by atoms with Crippen molar-refractivity contribution in [1.29, 1.82) is 0 Å². The SMILES string of the molecule is CC(CCN)S(C)=O. The minimum absolute atomic E-state index is 0.264. The molecule has 0 heterocycles. The van der Waals surface area contributed by atoms with Crippen molar-refractivity contribution in [3.63, 3.8) is 0 Å². The van der Waals surface area contributed by atoms with Crippen molar-refractivity contribution in [2.24, 2.45) is 5.73 Å². The van der Waals surface area contributed by atoms with Crippen molar-refractivity contribution in [2.75, 3.05) is 12.8 Å². The minimum Gasteiger partial charge on any atom is -0.330 e. The quantitative estimate of drug-likeness (QED) is 0.596. The van der Waals surface area contributed by atoms with Gasteiger partial charge in [0.15, 0.2) is 0 Å². The van der Waals surface area contributed by atoms with Gasteiger partial charge in [-0.1, -0.05) is 6.92 Å². The Bertz CT molecular complexity index is 84.5. The van der Waals surface area contributed by atoms with Crippen LogP contribution >= 0.6 is 0 Å². The fraction of sp³-hybridized carbons (Fsp3) is 1.00. The lowest BCUT2D eigenvalue weighted by Gasteiger charge is -2.03. The van der Waals surface area contributed by atoms with Gasteiger partial charge in [0.25, 0.3) is 0 Å². The molecular weight excluding hydrogens is 122 g/mol. The summed E-state index contributed by atoms with van der Waals surface area (Å²) in [6.45, 7) is 2.59. The lowest BCUT2D eigenvalue weighted by molar-refractivity contribution is 0.670. The van der Waals surface area contributed by atoms with Crippen LogP contribution in [-0.2, 0) is 10.8 Å². The van der Waals surface area contributed by atoms with Crippen molar-refractivity contribution in [1.82, 2.24) is 0 Å². The van der Waals surface area contributed by atoms with Crippen LogP contribution in [0, 0.1) is 0 Å². The first-order valence-corrected chi connectivity index (χ1v) is 4.33. The molecule has 50 valence electrons. The maximum absolute atomic E-state index is 10.6. The Morgan fingerprint density at radius 1 is 1.75 bits per heavy atom. The Morgan fingerprint density at radius 3 is 2.38 bits per heavy atom. The van der Waals surface area contributed by atoms with E-state index in [1.54, 1.807) is 6.26 Å². The third-order valence-corrected chi connectivity index (χ3v) is 2.51. The molecule has 0 aliphatic carbocycles. The number of hydrogen-bond donors (Lipinski definition) is 1. The topological polar surface area (TPSA) is 43.1 Å². The molecule has 2 nitrogen and oxygen atoms in total. The molecule has 0 saturated heterocycles. The van der Waals surface area contributed by atoms with Gasteiger partial charge in [0, 0.05) is 22.3 Å². The molecule has 0 aromatic heterocycles. The summed E-state index contributed by atoms with van der Waals surface area (Å²) >= 11 is 0. The van der Waals surface area contributed by atoms with Gasteiger partial charge < -0.3 is 5.73 Å². The molecule has 0 bridgehead atoms. The second kappa shape index (κ2) is 4.04. The standard InChI is InChI=1S/C5H13NOS/c1-5(3-4-6)8(2)7/h5H,3-4,6H2,1-2H3. The maximum atomic E-state index is 10.6. The van der Waals surface area contributed by atoms with Crippen molar-refractivity contribution in [2.45, 2.75) is 18.6 Å². The van der Waals surface area contributed by atoms with E-state index in [9.17, 15) is 4.21 Å². The van der Waals surface area contributed by atoms with Crippen LogP contribution in [0.1, 0.15) is 13.3 Å². The molecule has 8 heavy (non-hydrogen) atoms. The van der Waals surface area contributed by atoms with Crippen LogP contribution < -0.4 is 5.73 Å². The van der Waals surface area contributed by atoms with Gasteiger partial charge in [0.1, 0.15) is 0 Å². The van der Waals surface area contributed by atoms with Gasteiger partial charge in [-0.3, -0.25) is 4.21 Å². The Labute approximate surface area is 52.9 Å². The third-order valence-electron chi connectivity index (χ3n) is 1.14. The lowest BCUT2D eigenvalue weighted by Crippen LogP contribution is -2.14. The van der Waals surface area contributed by atoms with Gasteiger partial charge in [-0.15, -0.1) is 0 Å². The molecule has 3 heteroatoms. The van der Waals surface area contributed by atoms with E-state index in [1.807, 2.05) is 6.92 Å². The first kappa shape index (κ1) is 8.11. The Kier molecular flexibility index (Phi) is 4.09. The van der Waals surface area contributed by atoms with Crippen LogP contribution in [0.2, 0.25) is 0 Å². The Morgan fingerprint density at radius 2 is 2.25 bits per heavy atom. The van der Waals surface area contributed by atoms with E-state index < -0.39 is 10.8 Å². The van der Waals surface area contributed by atoms with E-state index in [0.717, 1.165) is 6.42 Å². The fourth-order valence-electron chi connectivity index (χ4n) is 0.401. The number of hydrogen-bond acceptors (Lipinski definition) is 2. The Hall–Kier alpha value is 0.110. The molecule has 0 saturated carbocycles. The van der Waals surface area contributed by atoms with E-state index in [0.29, 0.717) is 6.54 Å². The van der Waals surface area contributed by atoms with Crippen LogP contribution in [0.25, 0.3) is 0 Å². The van der Waals surface area contributed by atoms with Gasteiger partial charge in [0.05, 0.1) is 0 Å². The van der Waals surface area contributed by atoms with Gasteiger partial charge in [-0.25, -0.2) is 0 Å². The normalized spacial score (nSPS) is 17.9. The average molecular weight is 135 g/mol. The van der Waals surface area contributed by atoms with Crippen LogP contribution in [0.4, 0.5) is 0 Å². The van der Waals surface area contributed by atoms with Gasteiger partial charge in [0.2, 0.25) is 0 Å². The monoisotopic (exact) mass is 135 g/mol. The van der Waals surface area contributed by atoms with Crippen molar-refractivity contribution < 1.29 is 4.21 Å². The van der Waals surface area contributed by atoms with E-state index in [2.05, 4.69) is 0 Å². The highest BCUT2D eigenvalue weighted by Crippen LogP contribution is 1.95. The summed E-state index contributed by atoms with van der Waals surface area (Å²) < 4.78 is 10.6. The molecule has 2 N–H and O–H groups in total. The number of nitrogens with two attached hydrogens (primary N) is 1. The minimum atomic E-state index is -0.690. The van der Waals surface area contributed by atoms with Gasteiger partial charge in [-0.05, 0) is 13.0 Å². The van der Waals surface area contributed by atoms with Crippen LogP contribution in [0.3, 0.4) is 0 Å². The summed E-state index contributed by atoms with van der Waals surface area (Å²) in [5.74, 6) is 0. The molecule has 2 unspecified atom stereocenters. The van der Waals surface area contributed by atoms with Crippen LogP contribution in [-0.4, -0.2) is 22.3 Å². The molecule has 0 radical (unpaired) electrons. The predicted octanol–water partition coefficient (Wildman–Crippen LogP) is 0.102. The fourth-order valence-corrected chi connectivity index (χ4v) is 0.869. The molecule has 0 fully saturated rings. The Balaban J connectivity index is 3.32. The summed E-state index contributed by atoms with van der Waals surface area (Å²) in [6.07, 6.45) is 2.57. The zero-order chi connectivity index (χ0) is 6.57. The van der Waals surface area contributed by atoms with Crippen molar-refractivity contribution in [3.8, 4) is 0 Å². The second-order valence-corrected chi connectivity index (χ2v) is 3.69. The molecule has 0 aromatic rings. The molecule has 2 atom stereocenters. The molecule has 0 rings (SSSR count). The first-order chi connectivity index (χ1) is 3.68. The highest BCUT2D eigenvalue weighted by molar-refractivity contribution is 7.84. The van der Waals surface area contributed by atoms with Crippen molar-refractivity contribution >= 4 is 10.8 Å². The summed E-state index contributed by atoms with van der Waals surface area (Å²) in [7, 11) is -0.690. The highest BCUT2D eigenvalue weighted by Gasteiger charge is 2.02. The smallest absolute Gasteiger partial charge is 0.0328 e. The van der Waals surface area contributed by atoms with E-state index in [4.69, 9.17) is 5.73 Å². The molecule has 0 spiro atoms. The first-order valence-electron chi connectivity index (χ1n) is 2.70. The maximum Gasteiger partial charge on any atom is 0.0328 e. The average Bonchev–Trinajstić information content (AvgIpc) is 1.67. The molecule has 0 aromatic carbocycles. The predicted molar refractivity (Wildman–Crippen MR) is 37.2 cm³/mol. The largest absolute Gasteiger partial charge is 0.330 e. The van der Waals surface area contributed by atoms with Crippen molar-refractivity contribution in [3.05, 3.63) is 0 Å². The summed E-state index contributed by atoms with van der Waals surface area (Å²) in [5.41, 5.74) is 5.23. The molecular formula is C5H13NOS. The molecule has 0 amide bonds. The zero-order valence-corrected chi connectivity index (χ0v) is 6.20. The third kappa shape index (κ3) is 3.16. The molecule has 0 aliphatic rings. The zero-order valence-electron chi connectivity index (χ0n) is 5.39. The van der Waals surface area contributed by atoms with Gasteiger partial charge in [-0.2, -0.15) is 0 Å². The van der Waals surface area contributed by atoms with E-state index in [1.165, 1.54) is 0 Å².